The van der Waals surface area contributed by atoms with Gasteiger partial charge in [0.2, 0.25) is 0 Å². The SMILES string of the molecule is CCc1ccc(C(C)NC(=O)Nc2ccc(C(=O)NCC(=O)OC)cc2)cc1. The van der Waals surface area contributed by atoms with E-state index in [9.17, 15) is 14.4 Å². The highest BCUT2D eigenvalue weighted by molar-refractivity contribution is 5.97. The molecular formula is C21H25N3O4. The third-order valence-corrected chi connectivity index (χ3v) is 4.26. The molecule has 2 rings (SSSR count). The van der Waals surface area contributed by atoms with Crippen molar-refractivity contribution in [3.05, 3.63) is 65.2 Å². The van der Waals surface area contributed by atoms with Gasteiger partial charge < -0.3 is 20.7 Å². The molecule has 0 bridgehead atoms. The number of amides is 3. The van der Waals surface area contributed by atoms with E-state index < -0.39 is 11.9 Å². The lowest BCUT2D eigenvalue weighted by Gasteiger charge is -2.15. The van der Waals surface area contributed by atoms with Crippen LogP contribution < -0.4 is 16.0 Å². The van der Waals surface area contributed by atoms with Crippen LogP contribution in [0.4, 0.5) is 10.5 Å². The molecule has 0 radical (unpaired) electrons. The summed E-state index contributed by atoms with van der Waals surface area (Å²) in [6.07, 6.45) is 0.972. The molecule has 0 aliphatic heterocycles. The maximum atomic E-state index is 12.2. The highest BCUT2D eigenvalue weighted by Crippen LogP contribution is 2.15. The summed E-state index contributed by atoms with van der Waals surface area (Å²) in [5.41, 5.74) is 3.19. The van der Waals surface area contributed by atoms with Gasteiger partial charge in [0, 0.05) is 11.3 Å². The zero-order chi connectivity index (χ0) is 20.5. The first-order valence-corrected chi connectivity index (χ1v) is 9.04. The van der Waals surface area contributed by atoms with E-state index in [1.807, 2.05) is 19.1 Å². The fourth-order valence-corrected chi connectivity index (χ4v) is 2.52. The summed E-state index contributed by atoms with van der Waals surface area (Å²) in [7, 11) is 1.25. The van der Waals surface area contributed by atoms with Gasteiger partial charge in [-0.1, -0.05) is 31.2 Å². The first-order chi connectivity index (χ1) is 13.4. The van der Waals surface area contributed by atoms with Gasteiger partial charge in [0.05, 0.1) is 13.2 Å². The number of hydrogen-bond donors (Lipinski definition) is 3. The molecule has 148 valence electrons. The fraction of sp³-hybridized carbons (Fsp3) is 0.286. The van der Waals surface area contributed by atoms with Crippen molar-refractivity contribution < 1.29 is 19.1 Å². The van der Waals surface area contributed by atoms with Crippen molar-refractivity contribution >= 4 is 23.6 Å². The first-order valence-electron chi connectivity index (χ1n) is 9.04. The van der Waals surface area contributed by atoms with Crippen LogP contribution in [0, 0.1) is 0 Å². The molecule has 0 saturated heterocycles. The van der Waals surface area contributed by atoms with Gasteiger partial charge in [0.15, 0.2) is 0 Å². The second-order valence-corrected chi connectivity index (χ2v) is 6.25. The molecule has 0 spiro atoms. The highest BCUT2D eigenvalue weighted by atomic mass is 16.5. The maximum Gasteiger partial charge on any atom is 0.325 e. The molecule has 1 unspecified atom stereocenters. The van der Waals surface area contributed by atoms with Crippen molar-refractivity contribution in [3.8, 4) is 0 Å². The van der Waals surface area contributed by atoms with E-state index in [1.54, 1.807) is 24.3 Å². The Morgan fingerprint density at radius 1 is 1.00 bits per heavy atom. The fourth-order valence-electron chi connectivity index (χ4n) is 2.52. The summed E-state index contributed by atoms with van der Waals surface area (Å²) in [6.45, 7) is 3.81. The summed E-state index contributed by atoms with van der Waals surface area (Å²) in [6, 6.07) is 14.0. The molecular weight excluding hydrogens is 358 g/mol. The number of rotatable bonds is 7. The summed E-state index contributed by atoms with van der Waals surface area (Å²) in [5.74, 6) is -0.924. The number of hydrogen-bond acceptors (Lipinski definition) is 4. The highest BCUT2D eigenvalue weighted by Gasteiger charge is 2.11. The van der Waals surface area contributed by atoms with E-state index >= 15 is 0 Å². The van der Waals surface area contributed by atoms with Crippen LogP contribution in [0.2, 0.25) is 0 Å². The summed E-state index contributed by atoms with van der Waals surface area (Å²) in [4.78, 5) is 35.2. The van der Waals surface area contributed by atoms with E-state index in [4.69, 9.17) is 0 Å². The second-order valence-electron chi connectivity index (χ2n) is 6.25. The third kappa shape index (κ3) is 6.12. The lowest BCUT2D eigenvalue weighted by Crippen LogP contribution is -2.31. The van der Waals surface area contributed by atoms with Crippen molar-refractivity contribution in [2.45, 2.75) is 26.3 Å². The van der Waals surface area contributed by atoms with E-state index in [0.717, 1.165) is 12.0 Å². The van der Waals surface area contributed by atoms with Crippen LogP contribution in [0.15, 0.2) is 48.5 Å². The molecule has 0 aliphatic rings. The van der Waals surface area contributed by atoms with Crippen molar-refractivity contribution in [3.63, 3.8) is 0 Å². The number of ether oxygens (including phenoxy) is 1. The minimum atomic E-state index is -0.526. The summed E-state index contributed by atoms with van der Waals surface area (Å²) in [5, 5.41) is 8.06. The monoisotopic (exact) mass is 383 g/mol. The van der Waals surface area contributed by atoms with Gasteiger partial charge in [-0.2, -0.15) is 0 Å². The number of urea groups is 1. The maximum absolute atomic E-state index is 12.2. The summed E-state index contributed by atoms with van der Waals surface area (Å²) >= 11 is 0. The van der Waals surface area contributed by atoms with Gasteiger partial charge in [0.1, 0.15) is 6.54 Å². The Labute approximate surface area is 164 Å². The number of benzene rings is 2. The average molecular weight is 383 g/mol. The zero-order valence-electron chi connectivity index (χ0n) is 16.2. The second kappa shape index (κ2) is 10.1. The van der Waals surface area contributed by atoms with Gasteiger partial charge in [-0.05, 0) is 48.7 Å². The summed E-state index contributed by atoms with van der Waals surface area (Å²) < 4.78 is 4.47. The van der Waals surface area contributed by atoms with Gasteiger partial charge in [-0.15, -0.1) is 0 Å². The Hall–Kier alpha value is -3.35. The van der Waals surface area contributed by atoms with E-state index in [2.05, 4.69) is 39.7 Å². The molecule has 0 heterocycles. The Bertz CT molecular complexity index is 817. The number of carbonyl (C=O) groups excluding carboxylic acids is 3. The van der Waals surface area contributed by atoms with Crippen molar-refractivity contribution in [1.82, 2.24) is 10.6 Å². The standard InChI is InChI=1S/C21H25N3O4/c1-4-15-5-7-16(8-6-15)14(2)23-21(27)24-18-11-9-17(10-12-18)20(26)22-13-19(25)28-3/h5-12,14H,4,13H2,1-3H3,(H,22,26)(H2,23,24,27). The topological polar surface area (TPSA) is 96.5 Å². The number of aryl methyl sites for hydroxylation is 1. The molecule has 0 aromatic heterocycles. The molecule has 7 nitrogen and oxygen atoms in total. The first kappa shape index (κ1) is 21.0. The third-order valence-electron chi connectivity index (χ3n) is 4.26. The van der Waals surface area contributed by atoms with Crippen LogP contribution in [0.25, 0.3) is 0 Å². The van der Waals surface area contributed by atoms with Crippen LogP contribution >= 0.6 is 0 Å². The lowest BCUT2D eigenvalue weighted by atomic mass is 10.1. The van der Waals surface area contributed by atoms with Crippen LogP contribution in [-0.2, 0) is 16.0 Å². The van der Waals surface area contributed by atoms with E-state index in [0.29, 0.717) is 11.3 Å². The number of methoxy groups -OCH3 is 1. The number of esters is 1. The van der Waals surface area contributed by atoms with Gasteiger partial charge in [0.25, 0.3) is 5.91 Å². The Kier molecular flexibility index (Phi) is 7.56. The van der Waals surface area contributed by atoms with Crippen molar-refractivity contribution in [1.29, 1.82) is 0 Å². The molecule has 2 aromatic rings. The van der Waals surface area contributed by atoms with Gasteiger partial charge in [-0.3, -0.25) is 9.59 Å². The molecule has 0 saturated carbocycles. The molecule has 7 heteroatoms. The molecule has 3 amide bonds. The largest absolute Gasteiger partial charge is 0.468 e. The van der Waals surface area contributed by atoms with E-state index in [-0.39, 0.29) is 18.6 Å². The normalized spacial score (nSPS) is 11.2. The van der Waals surface area contributed by atoms with Crippen LogP contribution in [-0.4, -0.2) is 31.6 Å². The minimum absolute atomic E-state index is 0.144. The number of anilines is 1. The minimum Gasteiger partial charge on any atom is -0.468 e. The van der Waals surface area contributed by atoms with E-state index in [1.165, 1.54) is 12.7 Å². The number of carbonyl (C=O) groups is 3. The van der Waals surface area contributed by atoms with Crippen molar-refractivity contribution in [2.75, 3.05) is 19.0 Å². The smallest absolute Gasteiger partial charge is 0.325 e. The molecule has 28 heavy (non-hydrogen) atoms. The van der Waals surface area contributed by atoms with Crippen LogP contribution in [0.5, 0.6) is 0 Å². The molecule has 0 aliphatic carbocycles. The predicted molar refractivity (Wildman–Crippen MR) is 107 cm³/mol. The molecule has 2 aromatic carbocycles. The van der Waals surface area contributed by atoms with Crippen molar-refractivity contribution in [2.24, 2.45) is 0 Å². The Balaban J connectivity index is 1.87. The zero-order valence-corrected chi connectivity index (χ0v) is 16.2. The van der Waals surface area contributed by atoms with Gasteiger partial charge >= 0.3 is 12.0 Å². The van der Waals surface area contributed by atoms with Crippen LogP contribution in [0.1, 0.15) is 41.4 Å². The molecule has 0 fully saturated rings. The number of nitrogens with one attached hydrogen (secondary N) is 3. The Morgan fingerprint density at radius 3 is 2.21 bits per heavy atom. The Morgan fingerprint density at radius 2 is 1.64 bits per heavy atom. The predicted octanol–water partition coefficient (Wildman–Crippen LogP) is 3.03. The average Bonchev–Trinajstić information content (AvgIpc) is 2.72. The molecule has 1 atom stereocenters. The lowest BCUT2D eigenvalue weighted by molar-refractivity contribution is -0.139. The quantitative estimate of drug-likeness (QED) is 0.640. The van der Waals surface area contributed by atoms with Gasteiger partial charge in [-0.25, -0.2) is 4.79 Å². The van der Waals surface area contributed by atoms with Crippen LogP contribution in [0.3, 0.4) is 0 Å². The molecule has 3 N–H and O–H groups in total.